The van der Waals surface area contributed by atoms with Crippen LogP contribution in [0.5, 0.6) is 0 Å². The molecule has 0 saturated heterocycles. The number of rotatable bonds is 5. The fourth-order valence-corrected chi connectivity index (χ4v) is 3.79. The Labute approximate surface area is 147 Å². The van der Waals surface area contributed by atoms with Gasteiger partial charge in [0.1, 0.15) is 5.82 Å². The van der Waals surface area contributed by atoms with Gasteiger partial charge in [-0.15, -0.1) is 0 Å². The van der Waals surface area contributed by atoms with Gasteiger partial charge in [-0.25, -0.2) is 9.37 Å². The van der Waals surface area contributed by atoms with Gasteiger partial charge in [0.15, 0.2) is 0 Å². The van der Waals surface area contributed by atoms with Crippen molar-refractivity contribution in [1.29, 1.82) is 0 Å². The normalized spacial score (nSPS) is 15.7. The van der Waals surface area contributed by atoms with Gasteiger partial charge in [0.2, 0.25) is 0 Å². The largest absolute Gasteiger partial charge is 0.345 e. The third kappa shape index (κ3) is 3.74. The van der Waals surface area contributed by atoms with Crippen LogP contribution in [0, 0.1) is 11.7 Å². The highest BCUT2D eigenvalue weighted by molar-refractivity contribution is 5.82. The first kappa shape index (κ1) is 16.3. The summed E-state index contributed by atoms with van der Waals surface area (Å²) in [6, 6.07) is 11.5. The first-order chi connectivity index (χ1) is 12.3. The van der Waals surface area contributed by atoms with Crippen LogP contribution in [-0.4, -0.2) is 16.5 Å². The standard InChI is InChI=1S/C21H24FN3/c22-19-11-21-20(24-14-25-21)10-18(19)17-8-6-16(7-9-17)13-23-12-15-4-2-1-3-5-15/h6-11,14-15,23H,1-5,12-13H2,(H,24,25). The summed E-state index contributed by atoms with van der Waals surface area (Å²) in [5.41, 5.74) is 4.24. The summed E-state index contributed by atoms with van der Waals surface area (Å²) >= 11 is 0. The van der Waals surface area contributed by atoms with E-state index in [-0.39, 0.29) is 5.82 Å². The molecule has 2 N–H and O–H groups in total. The van der Waals surface area contributed by atoms with Crippen molar-refractivity contribution < 1.29 is 4.39 Å². The zero-order valence-corrected chi connectivity index (χ0v) is 14.4. The molecule has 3 nitrogen and oxygen atoms in total. The van der Waals surface area contributed by atoms with Crippen molar-refractivity contribution in [3.63, 3.8) is 0 Å². The smallest absolute Gasteiger partial charge is 0.133 e. The lowest BCUT2D eigenvalue weighted by Crippen LogP contribution is -2.24. The molecule has 25 heavy (non-hydrogen) atoms. The number of halogens is 1. The van der Waals surface area contributed by atoms with Crippen molar-refractivity contribution in [3.05, 3.63) is 54.1 Å². The molecule has 0 radical (unpaired) electrons. The highest BCUT2D eigenvalue weighted by atomic mass is 19.1. The molecule has 0 bridgehead atoms. The Balaban J connectivity index is 1.41. The second kappa shape index (κ2) is 7.36. The lowest BCUT2D eigenvalue weighted by molar-refractivity contribution is 0.342. The molecule has 3 aromatic rings. The summed E-state index contributed by atoms with van der Waals surface area (Å²) in [6.45, 7) is 1.98. The molecule has 4 heteroatoms. The van der Waals surface area contributed by atoms with Crippen LogP contribution in [0.15, 0.2) is 42.7 Å². The van der Waals surface area contributed by atoms with E-state index in [4.69, 9.17) is 0 Å². The lowest BCUT2D eigenvalue weighted by atomic mass is 9.89. The quantitative estimate of drug-likeness (QED) is 0.685. The summed E-state index contributed by atoms with van der Waals surface area (Å²) < 4.78 is 14.3. The number of hydrogen-bond acceptors (Lipinski definition) is 2. The van der Waals surface area contributed by atoms with Gasteiger partial charge in [-0.1, -0.05) is 43.5 Å². The van der Waals surface area contributed by atoms with Crippen LogP contribution < -0.4 is 5.32 Å². The predicted molar refractivity (Wildman–Crippen MR) is 99.8 cm³/mol. The van der Waals surface area contributed by atoms with Crippen molar-refractivity contribution >= 4 is 11.0 Å². The van der Waals surface area contributed by atoms with E-state index in [1.165, 1.54) is 43.7 Å². The maximum Gasteiger partial charge on any atom is 0.133 e. The molecule has 1 aliphatic rings. The minimum absolute atomic E-state index is 0.222. The molecule has 130 valence electrons. The minimum Gasteiger partial charge on any atom is -0.345 e. The Hall–Kier alpha value is -2.20. The van der Waals surface area contributed by atoms with Crippen LogP contribution in [0.2, 0.25) is 0 Å². The number of aromatic nitrogens is 2. The van der Waals surface area contributed by atoms with Gasteiger partial charge in [-0.2, -0.15) is 0 Å². The molecule has 0 amide bonds. The molecule has 4 rings (SSSR count). The second-order valence-electron chi connectivity index (χ2n) is 7.08. The molecule has 1 fully saturated rings. The third-order valence-electron chi connectivity index (χ3n) is 5.26. The molecule has 0 unspecified atom stereocenters. The molecule has 0 aliphatic heterocycles. The van der Waals surface area contributed by atoms with Crippen LogP contribution in [0.1, 0.15) is 37.7 Å². The Morgan fingerprint density at radius 2 is 1.88 bits per heavy atom. The topological polar surface area (TPSA) is 40.7 Å². The van der Waals surface area contributed by atoms with Crippen molar-refractivity contribution in [3.8, 4) is 11.1 Å². The molecule has 1 heterocycles. The van der Waals surface area contributed by atoms with Crippen molar-refractivity contribution in [2.45, 2.75) is 38.6 Å². The number of nitrogens with zero attached hydrogens (tertiary/aromatic N) is 1. The number of H-pyrrole nitrogens is 1. The van der Waals surface area contributed by atoms with E-state index >= 15 is 0 Å². The lowest BCUT2D eigenvalue weighted by Gasteiger charge is -2.21. The van der Waals surface area contributed by atoms with Crippen LogP contribution in [0.4, 0.5) is 4.39 Å². The van der Waals surface area contributed by atoms with Crippen molar-refractivity contribution in [2.75, 3.05) is 6.54 Å². The van der Waals surface area contributed by atoms with Crippen molar-refractivity contribution in [2.24, 2.45) is 5.92 Å². The zero-order chi connectivity index (χ0) is 17.1. The summed E-state index contributed by atoms with van der Waals surface area (Å²) in [5, 5.41) is 3.57. The van der Waals surface area contributed by atoms with Crippen LogP contribution in [0.3, 0.4) is 0 Å². The minimum atomic E-state index is -0.222. The summed E-state index contributed by atoms with van der Waals surface area (Å²) in [6.07, 6.45) is 8.48. The third-order valence-corrected chi connectivity index (χ3v) is 5.26. The van der Waals surface area contributed by atoms with E-state index < -0.39 is 0 Å². The van der Waals surface area contributed by atoms with Gasteiger partial charge < -0.3 is 10.3 Å². The molecule has 0 spiro atoms. The average molecular weight is 337 g/mol. The van der Waals surface area contributed by atoms with Gasteiger partial charge in [0.05, 0.1) is 17.4 Å². The number of nitrogens with one attached hydrogen (secondary N) is 2. The maximum atomic E-state index is 14.3. The first-order valence-electron chi connectivity index (χ1n) is 9.22. The second-order valence-corrected chi connectivity index (χ2v) is 7.08. The Kier molecular flexibility index (Phi) is 4.79. The van der Waals surface area contributed by atoms with Gasteiger partial charge in [-0.3, -0.25) is 0 Å². The van der Waals surface area contributed by atoms with E-state index in [1.807, 2.05) is 12.1 Å². The fraction of sp³-hybridized carbons (Fsp3) is 0.381. The highest BCUT2D eigenvalue weighted by Crippen LogP contribution is 2.27. The SMILES string of the molecule is Fc1cc2[nH]cnc2cc1-c1ccc(CNCC2CCCCC2)cc1. The van der Waals surface area contributed by atoms with E-state index in [0.717, 1.165) is 35.6 Å². The van der Waals surface area contributed by atoms with Crippen LogP contribution >= 0.6 is 0 Å². The van der Waals surface area contributed by atoms with Gasteiger partial charge in [0.25, 0.3) is 0 Å². The molecule has 2 aromatic carbocycles. The van der Waals surface area contributed by atoms with Gasteiger partial charge in [0, 0.05) is 18.2 Å². The van der Waals surface area contributed by atoms with E-state index in [0.29, 0.717) is 5.56 Å². The Morgan fingerprint density at radius 1 is 1.08 bits per heavy atom. The monoisotopic (exact) mass is 337 g/mol. The number of benzene rings is 2. The van der Waals surface area contributed by atoms with E-state index in [2.05, 4.69) is 27.4 Å². The van der Waals surface area contributed by atoms with Crippen LogP contribution in [-0.2, 0) is 6.54 Å². The average Bonchev–Trinajstić information content (AvgIpc) is 3.10. The molecule has 1 aromatic heterocycles. The maximum absolute atomic E-state index is 14.3. The first-order valence-corrected chi connectivity index (χ1v) is 9.22. The number of hydrogen-bond donors (Lipinski definition) is 2. The molecule has 1 aliphatic carbocycles. The summed E-state index contributed by atoms with van der Waals surface area (Å²) in [5.74, 6) is 0.614. The van der Waals surface area contributed by atoms with E-state index in [9.17, 15) is 4.39 Å². The number of fused-ring (bicyclic) bond motifs is 1. The van der Waals surface area contributed by atoms with Crippen molar-refractivity contribution in [1.82, 2.24) is 15.3 Å². The summed E-state index contributed by atoms with van der Waals surface area (Å²) in [4.78, 5) is 7.16. The molecule has 1 saturated carbocycles. The predicted octanol–water partition coefficient (Wildman–Crippen LogP) is 5.04. The Bertz CT molecular complexity index is 832. The summed E-state index contributed by atoms with van der Waals surface area (Å²) in [7, 11) is 0. The zero-order valence-electron chi connectivity index (χ0n) is 14.4. The number of aromatic amines is 1. The van der Waals surface area contributed by atoms with Crippen LogP contribution in [0.25, 0.3) is 22.2 Å². The van der Waals surface area contributed by atoms with Gasteiger partial charge in [-0.05, 0) is 42.5 Å². The highest BCUT2D eigenvalue weighted by Gasteiger charge is 2.12. The molecule has 0 atom stereocenters. The molecular formula is C21H24FN3. The van der Waals surface area contributed by atoms with Gasteiger partial charge >= 0.3 is 0 Å². The fourth-order valence-electron chi connectivity index (χ4n) is 3.79. The Morgan fingerprint density at radius 3 is 2.68 bits per heavy atom. The number of imidazole rings is 1. The molecular weight excluding hydrogens is 313 g/mol. The van der Waals surface area contributed by atoms with E-state index in [1.54, 1.807) is 12.4 Å².